The van der Waals surface area contributed by atoms with Gasteiger partial charge in [-0.05, 0) is 13.0 Å². The summed E-state index contributed by atoms with van der Waals surface area (Å²) in [6.45, 7) is 4.00. The number of fused-ring (bicyclic) bond motifs is 1. The number of aromatic nitrogens is 4. The maximum absolute atomic E-state index is 12.1. The number of anilines is 2. The fourth-order valence-corrected chi connectivity index (χ4v) is 2.33. The van der Waals surface area contributed by atoms with Crippen molar-refractivity contribution < 1.29 is 0 Å². The van der Waals surface area contributed by atoms with Gasteiger partial charge in [0, 0.05) is 20.1 Å². The van der Waals surface area contributed by atoms with Crippen molar-refractivity contribution >= 4 is 22.8 Å². The first kappa shape index (κ1) is 16.9. The van der Waals surface area contributed by atoms with Gasteiger partial charge < -0.3 is 16.4 Å². The minimum atomic E-state index is -0.509. The van der Waals surface area contributed by atoms with Crippen molar-refractivity contribution in [1.82, 2.24) is 24.8 Å². The zero-order valence-electron chi connectivity index (χ0n) is 13.5. The molecule has 0 saturated carbocycles. The Bertz CT molecular complexity index is 781. The van der Waals surface area contributed by atoms with Crippen LogP contribution in [0.25, 0.3) is 11.0 Å². The second-order valence-corrected chi connectivity index (χ2v) is 5.25. The number of nitrogens with zero attached hydrogens (tertiary/aromatic N) is 3. The highest BCUT2D eigenvalue weighted by atomic mass is 16.1. The fourth-order valence-electron chi connectivity index (χ4n) is 2.33. The number of H-pyrrole nitrogens is 1. The molecule has 0 unspecified atom stereocenters. The lowest BCUT2D eigenvalue weighted by molar-refractivity contribution is 0.563. The van der Waals surface area contributed by atoms with Gasteiger partial charge in [-0.2, -0.15) is 9.97 Å². The van der Waals surface area contributed by atoms with Crippen LogP contribution in [0.2, 0.25) is 0 Å². The molecular weight excluding hydrogens is 298 g/mol. The minimum absolute atomic E-state index is 0.103. The Morgan fingerprint density at radius 1 is 1.22 bits per heavy atom. The van der Waals surface area contributed by atoms with E-state index in [-0.39, 0.29) is 22.8 Å². The third-order valence-corrected chi connectivity index (χ3v) is 3.57. The highest BCUT2D eigenvalue weighted by Crippen LogP contribution is 2.11. The van der Waals surface area contributed by atoms with Gasteiger partial charge in [-0.1, -0.05) is 19.8 Å². The summed E-state index contributed by atoms with van der Waals surface area (Å²) in [6.07, 6.45) is 3.42. The molecule has 0 aliphatic rings. The van der Waals surface area contributed by atoms with Gasteiger partial charge in [0.2, 0.25) is 5.95 Å². The maximum Gasteiger partial charge on any atom is 0.351 e. The zero-order valence-corrected chi connectivity index (χ0v) is 13.5. The van der Waals surface area contributed by atoms with Crippen LogP contribution in [0.4, 0.5) is 11.8 Å². The highest BCUT2D eigenvalue weighted by molar-refractivity contribution is 5.85. The number of hydrogen-bond donors (Lipinski definition) is 4. The van der Waals surface area contributed by atoms with Gasteiger partial charge in [-0.25, -0.2) is 4.79 Å². The SMILES string of the molecule is CCCCCNCCn1c(=O)nc(N)c2c(=O)[nH]c(NC)nc21. The Labute approximate surface area is 133 Å². The van der Waals surface area contributed by atoms with Crippen molar-refractivity contribution in [2.75, 3.05) is 31.2 Å². The predicted molar refractivity (Wildman–Crippen MR) is 90.8 cm³/mol. The molecule has 5 N–H and O–H groups in total. The lowest BCUT2D eigenvalue weighted by atomic mass is 10.2. The standard InChI is InChI=1S/C14H23N7O2/c1-3-4-5-6-17-7-8-21-11-9(10(15)18-14(21)23)12(22)20-13(16-2)19-11/h17H,3-8H2,1-2H3,(H2,15,18,23)(H2,16,19,20,22). The largest absolute Gasteiger partial charge is 0.383 e. The zero-order chi connectivity index (χ0) is 16.8. The van der Waals surface area contributed by atoms with Crippen LogP contribution in [0, 0.1) is 0 Å². The van der Waals surface area contributed by atoms with Gasteiger partial charge in [-0.15, -0.1) is 0 Å². The maximum atomic E-state index is 12.1. The second-order valence-electron chi connectivity index (χ2n) is 5.25. The van der Waals surface area contributed by atoms with Crippen LogP contribution in [0.3, 0.4) is 0 Å². The number of hydrogen-bond acceptors (Lipinski definition) is 7. The van der Waals surface area contributed by atoms with Crippen LogP contribution in [0.1, 0.15) is 26.2 Å². The third-order valence-electron chi connectivity index (χ3n) is 3.57. The van der Waals surface area contributed by atoms with E-state index in [0.717, 1.165) is 19.4 Å². The van der Waals surface area contributed by atoms with E-state index < -0.39 is 11.2 Å². The van der Waals surface area contributed by atoms with Gasteiger partial charge in [0.15, 0.2) is 5.65 Å². The van der Waals surface area contributed by atoms with Gasteiger partial charge in [0.1, 0.15) is 11.2 Å². The Balaban J connectivity index is 2.29. The summed E-state index contributed by atoms with van der Waals surface area (Å²) >= 11 is 0. The van der Waals surface area contributed by atoms with E-state index in [9.17, 15) is 9.59 Å². The molecule has 126 valence electrons. The van der Waals surface area contributed by atoms with Crippen LogP contribution >= 0.6 is 0 Å². The molecule has 0 fully saturated rings. The van der Waals surface area contributed by atoms with Crippen molar-refractivity contribution in [2.45, 2.75) is 32.7 Å². The van der Waals surface area contributed by atoms with Crippen LogP contribution in [-0.4, -0.2) is 39.7 Å². The molecule has 0 aliphatic heterocycles. The molecule has 9 heteroatoms. The first-order valence-electron chi connectivity index (χ1n) is 7.77. The number of nitrogen functional groups attached to an aromatic ring is 1. The summed E-state index contributed by atoms with van der Waals surface area (Å²) < 4.78 is 1.37. The van der Waals surface area contributed by atoms with E-state index in [2.05, 4.69) is 32.5 Å². The van der Waals surface area contributed by atoms with E-state index in [4.69, 9.17) is 5.73 Å². The Morgan fingerprint density at radius 2 is 2.00 bits per heavy atom. The van der Waals surface area contributed by atoms with Crippen LogP contribution in [0.15, 0.2) is 9.59 Å². The molecule has 2 heterocycles. The quantitative estimate of drug-likeness (QED) is 0.499. The normalized spacial score (nSPS) is 11.0. The number of nitrogens with one attached hydrogen (secondary N) is 3. The van der Waals surface area contributed by atoms with Crippen molar-refractivity contribution in [3.8, 4) is 0 Å². The molecule has 23 heavy (non-hydrogen) atoms. The smallest absolute Gasteiger partial charge is 0.351 e. The first-order valence-corrected chi connectivity index (χ1v) is 7.77. The van der Waals surface area contributed by atoms with Crippen LogP contribution in [0.5, 0.6) is 0 Å². The van der Waals surface area contributed by atoms with Crippen molar-refractivity contribution in [1.29, 1.82) is 0 Å². The van der Waals surface area contributed by atoms with Gasteiger partial charge in [0.05, 0.1) is 0 Å². The van der Waals surface area contributed by atoms with Crippen molar-refractivity contribution in [3.05, 3.63) is 20.8 Å². The van der Waals surface area contributed by atoms with Crippen LogP contribution in [-0.2, 0) is 6.54 Å². The topological polar surface area (TPSA) is 131 Å². The molecule has 2 aromatic rings. The number of nitrogens with two attached hydrogens (primary N) is 1. The summed E-state index contributed by atoms with van der Waals surface area (Å²) in [7, 11) is 1.63. The van der Waals surface area contributed by atoms with E-state index in [1.54, 1.807) is 7.05 Å². The summed E-state index contributed by atoms with van der Waals surface area (Å²) in [6, 6.07) is 0. The minimum Gasteiger partial charge on any atom is -0.383 e. The molecule has 0 spiro atoms. The average Bonchev–Trinajstić information content (AvgIpc) is 2.52. The van der Waals surface area contributed by atoms with E-state index >= 15 is 0 Å². The molecule has 0 atom stereocenters. The number of aromatic amines is 1. The fraction of sp³-hybridized carbons (Fsp3) is 0.571. The first-order chi connectivity index (χ1) is 11.1. The van der Waals surface area contributed by atoms with Crippen molar-refractivity contribution in [2.24, 2.45) is 0 Å². The van der Waals surface area contributed by atoms with Crippen molar-refractivity contribution in [3.63, 3.8) is 0 Å². The summed E-state index contributed by atoms with van der Waals surface area (Å²) in [5, 5.41) is 6.16. The van der Waals surface area contributed by atoms with Gasteiger partial charge in [0.25, 0.3) is 5.56 Å². The highest BCUT2D eigenvalue weighted by Gasteiger charge is 2.14. The van der Waals surface area contributed by atoms with E-state index in [0.29, 0.717) is 13.1 Å². The predicted octanol–water partition coefficient (Wildman–Crippen LogP) is -0.116. The third kappa shape index (κ3) is 3.86. The average molecular weight is 321 g/mol. The molecule has 0 saturated heterocycles. The summed E-state index contributed by atoms with van der Waals surface area (Å²) in [5.41, 5.74) is 5.02. The summed E-state index contributed by atoms with van der Waals surface area (Å²) in [5.74, 6) is 0.172. The van der Waals surface area contributed by atoms with Gasteiger partial charge in [-0.3, -0.25) is 14.3 Å². The second kappa shape index (κ2) is 7.73. The lowest BCUT2D eigenvalue weighted by Crippen LogP contribution is -2.32. The molecule has 0 amide bonds. The Hall–Kier alpha value is -2.42. The number of unbranched alkanes of at least 4 members (excludes halogenated alkanes) is 2. The molecule has 2 aromatic heterocycles. The molecule has 0 aliphatic carbocycles. The lowest BCUT2D eigenvalue weighted by Gasteiger charge is -2.11. The van der Waals surface area contributed by atoms with E-state index in [1.807, 2.05) is 0 Å². The Kier molecular flexibility index (Phi) is 5.69. The molecular formula is C14H23N7O2. The van der Waals surface area contributed by atoms with E-state index in [1.165, 1.54) is 11.0 Å². The molecule has 0 radical (unpaired) electrons. The molecule has 9 nitrogen and oxygen atoms in total. The van der Waals surface area contributed by atoms with Crippen LogP contribution < -0.4 is 27.6 Å². The molecule has 0 aromatic carbocycles. The Morgan fingerprint density at radius 3 is 2.70 bits per heavy atom. The van der Waals surface area contributed by atoms with Gasteiger partial charge >= 0.3 is 5.69 Å². The monoisotopic (exact) mass is 321 g/mol. The molecule has 2 rings (SSSR count). The number of rotatable bonds is 8. The molecule has 0 bridgehead atoms. The summed E-state index contributed by atoms with van der Waals surface area (Å²) in [4.78, 5) is 34.7.